The predicted molar refractivity (Wildman–Crippen MR) is 54.0 cm³/mol. The molecule has 3 nitrogen and oxygen atoms in total. The zero-order chi connectivity index (χ0) is 9.84. The fraction of sp³-hybridized carbons (Fsp3) is 0.600. The molecule has 0 atom stereocenters. The van der Waals surface area contributed by atoms with E-state index in [1.54, 1.807) is 6.92 Å². The average Bonchev–Trinajstić information content (AvgIpc) is 2.44. The largest absolute Gasteiger partial charge is 0.335 e. The standard InChI is InChI=1S/C10H16N2O/c1-4-11-5-10-7-12(9(3)13)6-8(10)2/h5H,4,6-7H2,1-3H3. The van der Waals surface area contributed by atoms with Gasteiger partial charge in [-0.1, -0.05) is 0 Å². The maximum atomic E-state index is 11.1. The summed E-state index contributed by atoms with van der Waals surface area (Å²) < 4.78 is 0. The highest BCUT2D eigenvalue weighted by Gasteiger charge is 2.19. The lowest BCUT2D eigenvalue weighted by molar-refractivity contribution is -0.127. The lowest BCUT2D eigenvalue weighted by Gasteiger charge is -2.12. The van der Waals surface area contributed by atoms with E-state index in [-0.39, 0.29) is 5.91 Å². The van der Waals surface area contributed by atoms with E-state index in [4.69, 9.17) is 0 Å². The van der Waals surface area contributed by atoms with Gasteiger partial charge in [-0.2, -0.15) is 0 Å². The summed E-state index contributed by atoms with van der Waals surface area (Å²) in [4.78, 5) is 17.1. The fourth-order valence-corrected chi connectivity index (χ4v) is 1.36. The minimum absolute atomic E-state index is 0.138. The van der Waals surface area contributed by atoms with E-state index in [0.29, 0.717) is 0 Å². The molecule has 0 aliphatic carbocycles. The van der Waals surface area contributed by atoms with E-state index >= 15 is 0 Å². The van der Waals surface area contributed by atoms with Crippen LogP contribution in [0.4, 0.5) is 0 Å². The van der Waals surface area contributed by atoms with Gasteiger partial charge in [-0.3, -0.25) is 9.79 Å². The highest BCUT2D eigenvalue weighted by Crippen LogP contribution is 2.15. The molecule has 0 radical (unpaired) electrons. The number of rotatable bonds is 2. The van der Waals surface area contributed by atoms with E-state index < -0.39 is 0 Å². The molecule has 0 aromatic rings. The second-order valence-electron chi connectivity index (χ2n) is 3.31. The fourth-order valence-electron chi connectivity index (χ4n) is 1.36. The zero-order valence-corrected chi connectivity index (χ0v) is 8.50. The van der Waals surface area contributed by atoms with Crippen LogP contribution < -0.4 is 0 Å². The molecule has 1 rings (SSSR count). The molecule has 0 bridgehead atoms. The quantitative estimate of drug-likeness (QED) is 0.589. The Kier molecular flexibility index (Phi) is 3.23. The molecule has 0 spiro atoms. The minimum atomic E-state index is 0.138. The van der Waals surface area contributed by atoms with Crippen LogP contribution in [-0.2, 0) is 4.79 Å². The number of amides is 1. The van der Waals surface area contributed by atoms with Gasteiger partial charge in [-0.05, 0) is 25.0 Å². The number of carbonyl (C=O) groups is 1. The van der Waals surface area contributed by atoms with Crippen molar-refractivity contribution in [2.24, 2.45) is 4.99 Å². The molecule has 0 aromatic carbocycles. The first-order valence-corrected chi connectivity index (χ1v) is 4.59. The molecule has 0 saturated carbocycles. The van der Waals surface area contributed by atoms with Crippen LogP contribution in [-0.4, -0.2) is 36.7 Å². The van der Waals surface area contributed by atoms with Crippen molar-refractivity contribution in [2.45, 2.75) is 20.8 Å². The second kappa shape index (κ2) is 4.21. The lowest BCUT2D eigenvalue weighted by Crippen LogP contribution is -2.26. The lowest BCUT2D eigenvalue weighted by atomic mass is 10.2. The van der Waals surface area contributed by atoms with Crippen LogP contribution in [0.1, 0.15) is 20.8 Å². The normalized spacial score (nSPS) is 17.6. The summed E-state index contributed by atoms with van der Waals surface area (Å²) in [6.07, 6.45) is 1.89. The predicted octanol–water partition coefficient (Wildman–Crippen LogP) is 1.26. The first-order chi connectivity index (χ1) is 6.15. The Morgan fingerprint density at radius 2 is 2.31 bits per heavy atom. The van der Waals surface area contributed by atoms with E-state index in [1.165, 1.54) is 11.1 Å². The monoisotopic (exact) mass is 180 g/mol. The van der Waals surface area contributed by atoms with Crippen LogP contribution in [0.25, 0.3) is 0 Å². The SMILES string of the molecule is CCN=CC1=C(C)CN(C(C)=O)C1. The van der Waals surface area contributed by atoms with Crippen molar-refractivity contribution < 1.29 is 4.79 Å². The summed E-state index contributed by atoms with van der Waals surface area (Å²) in [6, 6.07) is 0. The number of aliphatic imine (C=N–C) groups is 1. The van der Waals surface area contributed by atoms with Gasteiger partial charge in [0.1, 0.15) is 0 Å². The average molecular weight is 180 g/mol. The summed E-state index contributed by atoms with van der Waals surface area (Å²) in [5.74, 6) is 0.138. The van der Waals surface area contributed by atoms with Crippen molar-refractivity contribution in [1.29, 1.82) is 0 Å². The molecule has 13 heavy (non-hydrogen) atoms. The first-order valence-electron chi connectivity index (χ1n) is 4.59. The van der Waals surface area contributed by atoms with Gasteiger partial charge in [0.05, 0.1) is 0 Å². The van der Waals surface area contributed by atoms with Crippen molar-refractivity contribution in [3.05, 3.63) is 11.1 Å². The van der Waals surface area contributed by atoms with Crippen molar-refractivity contribution >= 4 is 12.1 Å². The van der Waals surface area contributed by atoms with Crippen molar-refractivity contribution in [1.82, 2.24) is 4.90 Å². The van der Waals surface area contributed by atoms with E-state index in [2.05, 4.69) is 11.9 Å². The van der Waals surface area contributed by atoms with Gasteiger partial charge in [0, 0.05) is 32.8 Å². The third-order valence-electron chi connectivity index (χ3n) is 2.21. The first kappa shape index (κ1) is 9.96. The molecular formula is C10H16N2O. The number of carbonyl (C=O) groups excluding carboxylic acids is 1. The smallest absolute Gasteiger partial charge is 0.220 e. The molecule has 1 amide bonds. The summed E-state index contributed by atoms with van der Waals surface area (Å²) in [7, 11) is 0. The minimum Gasteiger partial charge on any atom is -0.335 e. The Morgan fingerprint density at radius 3 is 2.77 bits per heavy atom. The van der Waals surface area contributed by atoms with Crippen molar-refractivity contribution in [3.63, 3.8) is 0 Å². The van der Waals surface area contributed by atoms with Crippen LogP contribution in [0, 0.1) is 0 Å². The Hall–Kier alpha value is -1.12. The highest BCUT2D eigenvalue weighted by molar-refractivity contribution is 5.84. The molecule has 1 aliphatic rings. The maximum Gasteiger partial charge on any atom is 0.220 e. The van der Waals surface area contributed by atoms with Gasteiger partial charge >= 0.3 is 0 Å². The molecule has 3 heteroatoms. The van der Waals surface area contributed by atoms with Gasteiger partial charge in [0.15, 0.2) is 0 Å². The molecule has 0 N–H and O–H groups in total. The Labute approximate surface area is 79.1 Å². The third-order valence-corrected chi connectivity index (χ3v) is 2.21. The van der Waals surface area contributed by atoms with E-state index in [1.807, 2.05) is 18.0 Å². The summed E-state index contributed by atoms with van der Waals surface area (Å²) in [6.45, 7) is 7.96. The van der Waals surface area contributed by atoms with Crippen LogP contribution >= 0.6 is 0 Å². The second-order valence-corrected chi connectivity index (χ2v) is 3.31. The number of hydrogen-bond donors (Lipinski definition) is 0. The maximum absolute atomic E-state index is 11.1. The molecule has 0 aromatic heterocycles. The van der Waals surface area contributed by atoms with Crippen molar-refractivity contribution in [3.8, 4) is 0 Å². The molecule has 72 valence electrons. The van der Waals surface area contributed by atoms with Crippen LogP contribution in [0.15, 0.2) is 16.1 Å². The van der Waals surface area contributed by atoms with Crippen molar-refractivity contribution in [2.75, 3.05) is 19.6 Å². The number of nitrogens with zero attached hydrogens (tertiary/aromatic N) is 2. The molecular weight excluding hydrogens is 164 g/mol. The zero-order valence-electron chi connectivity index (χ0n) is 8.50. The topological polar surface area (TPSA) is 32.7 Å². The summed E-state index contributed by atoms with van der Waals surface area (Å²) >= 11 is 0. The van der Waals surface area contributed by atoms with Gasteiger partial charge in [-0.15, -0.1) is 0 Å². The van der Waals surface area contributed by atoms with E-state index in [9.17, 15) is 4.79 Å². The van der Waals surface area contributed by atoms with Gasteiger partial charge in [0.2, 0.25) is 5.91 Å². The molecule has 0 saturated heterocycles. The Bertz CT molecular complexity index is 266. The van der Waals surface area contributed by atoms with Crippen LogP contribution in [0.2, 0.25) is 0 Å². The van der Waals surface area contributed by atoms with Crippen LogP contribution in [0.3, 0.4) is 0 Å². The Morgan fingerprint density at radius 1 is 1.62 bits per heavy atom. The molecule has 0 unspecified atom stereocenters. The molecule has 0 fully saturated rings. The molecule has 1 aliphatic heterocycles. The van der Waals surface area contributed by atoms with Gasteiger partial charge < -0.3 is 4.90 Å². The summed E-state index contributed by atoms with van der Waals surface area (Å²) in [5.41, 5.74) is 2.45. The Balaban J connectivity index is 2.62. The summed E-state index contributed by atoms with van der Waals surface area (Å²) in [5, 5.41) is 0. The number of hydrogen-bond acceptors (Lipinski definition) is 2. The van der Waals surface area contributed by atoms with Gasteiger partial charge in [-0.25, -0.2) is 0 Å². The third kappa shape index (κ3) is 2.41. The molecule has 1 heterocycles. The van der Waals surface area contributed by atoms with Gasteiger partial charge in [0.25, 0.3) is 0 Å². The van der Waals surface area contributed by atoms with Crippen LogP contribution in [0.5, 0.6) is 0 Å². The highest BCUT2D eigenvalue weighted by atomic mass is 16.2. The van der Waals surface area contributed by atoms with E-state index in [0.717, 1.165) is 19.6 Å².